The summed E-state index contributed by atoms with van der Waals surface area (Å²) >= 11 is 0. The van der Waals surface area contributed by atoms with Crippen molar-refractivity contribution in [2.75, 3.05) is 6.54 Å². The number of carbonyl (C=O) groups excluding carboxylic acids is 2. The van der Waals surface area contributed by atoms with Crippen molar-refractivity contribution in [2.24, 2.45) is 17.4 Å². The molecule has 0 aromatic rings. The number of carbonyl (C=O) groups is 2. The SMILES string of the molecule is CCC(NC(=O)C1(O)CC(NC(=O)OC(C)(C)C)C1)C(O)C(C)OC(CC)C(O)C(OC1OC(CN)CCC1N)C(C)C. The molecule has 1 heterocycles. The normalized spacial score (nSPS) is 30.4. The summed E-state index contributed by atoms with van der Waals surface area (Å²) in [6.07, 6.45) is -3.47. The van der Waals surface area contributed by atoms with Crippen LogP contribution in [0, 0.1) is 5.92 Å². The summed E-state index contributed by atoms with van der Waals surface area (Å²) in [7, 11) is 0. The van der Waals surface area contributed by atoms with E-state index in [0.29, 0.717) is 25.8 Å². The Kier molecular flexibility index (Phi) is 14.1. The fraction of sp³-hybridized carbons (Fsp3) is 0.933. The van der Waals surface area contributed by atoms with Crippen LogP contribution in [0.1, 0.15) is 93.9 Å². The van der Waals surface area contributed by atoms with Gasteiger partial charge in [-0.25, -0.2) is 4.79 Å². The van der Waals surface area contributed by atoms with Crippen molar-refractivity contribution >= 4 is 12.0 Å². The Morgan fingerprint density at radius 1 is 1.07 bits per heavy atom. The van der Waals surface area contributed by atoms with E-state index in [9.17, 15) is 24.9 Å². The second kappa shape index (κ2) is 16.1. The molecule has 2 rings (SSSR count). The number of aliphatic hydroxyl groups excluding tert-OH is 2. The molecule has 9 atom stereocenters. The first-order valence-electron chi connectivity index (χ1n) is 15.8. The van der Waals surface area contributed by atoms with Gasteiger partial charge in [-0.1, -0.05) is 27.7 Å². The zero-order valence-electron chi connectivity index (χ0n) is 27.2. The third-order valence-electron chi connectivity index (χ3n) is 8.18. The van der Waals surface area contributed by atoms with Gasteiger partial charge in [0.2, 0.25) is 0 Å². The molecule has 1 saturated heterocycles. The molecule has 1 saturated carbocycles. The highest BCUT2D eigenvalue weighted by Crippen LogP contribution is 2.33. The predicted molar refractivity (Wildman–Crippen MR) is 161 cm³/mol. The van der Waals surface area contributed by atoms with Crippen LogP contribution in [0.3, 0.4) is 0 Å². The van der Waals surface area contributed by atoms with E-state index in [1.807, 2.05) is 20.8 Å². The lowest BCUT2D eigenvalue weighted by atomic mass is 9.75. The van der Waals surface area contributed by atoms with E-state index in [-0.39, 0.29) is 30.9 Å². The minimum atomic E-state index is -1.67. The summed E-state index contributed by atoms with van der Waals surface area (Å²) in [6, 6.07) is -1.48. The Balaban J connectivity index is 1.96. The van der Waals surface area contributed by atoms with E-state index in [1.54, 1.807) is 34.6 Å². The quantitative estimate of drug-likeness (QED) is 0.138. The molecule has 9 unspecified atom stereocenters. The molecular formula is C30H58N4O9. The smallest absolute Gasteiger partial charge is 0.407 e. The fourth-order valence-electron chi connectivity index (χ4n) is 5.53. The molecule has 2 amide bonds. The van der Waals surface area contributed by atoms with Crippen LogP contribution < -0.4 is 22.1 Å². The monoisotopic (exact) mass is 618 g/mol. The number of rotatable bonds is 15. The fourth-order valence-corrected chi connectivity index (χ4v) is 5.53. The van der Waals surface area contributed by atoms with Crippen LogP contribution in [-0.2, 0) is 23.7 Å². The number of hydrogen-bond donors (Lipinski definition) is 7. The first-order chi connectivity index (χ1) is 19.9. The summed E-state index contributed by atoms with van der Waals surface area (Å²) in [5.74, 6) is -0.728. The summed E-state index contributed by atoms with van der Waals surface area (Å²) < 4.78 is 23.5. The molecule has 13 nitrogen and oxygen atoms in total. The number of aliphatic hydroxyl groups is 3. The molecule has 0 bridgehead atoms. The van der Waals surface area contributed by atoms with Crippen molar-refractivity contribution in [1.29, 1.82) is 0 Å². The van der Waals surface area contributed by atoms with Gasteiger partial charge in [0.15, 0.2) is 6.29 Å². The molecule has 2 aliphatic rings. The summed E-state index contributed by atoms with van der Waals surface area (Å²) in [6.45, 7) is 14.8. The lowest BCUT2D eigenvalue weighted by Gasteiger charge is -2.43. The van der Waals surface area contributed by atoms with Gasteiger partial charge >= 0.3 is 6.09 Å². The maximum absolute atomic E-state index is 13.0. The van der Waals surface area contributed by atoms with Gasteiger partial charge in [0.1, 0.15) is 17.3 Å². The van der Waals surface area contributed by atoms with Crippen LogP contribution in [0.25, 0.3) is 0 Å². The second-order valence-electron chi connectivity index (χ2n) is 13.5. The van der Waals surface area contributed by atoms with Gasteiger partial charge in [0.25, 0.3) is 5.91 Å². The maximum Gasteiger partial charge on any atom is 0.407 e. The first kappa shape index (κ1) is 37.6. The van der Waals surface area contributed by atoms with Gasteiger partial charge in [0, 0.05) is 25.4 Å². The maximum atomic E-state index is 13.0. The average molecular weight is 619 g/mol. The van der Waals surface area contributed by atoms with Crippen LogP contribution in [0.5, 0.6) is 0 Å². The van der Waals surface area contributed by atoms with Crippen molar-refractivity contribution < 1.29 is 43.9 Å². The Hall–Kier alpha value is -1.58. The van der Waals surface area contributed by atoms with Gasteiger partial charge in [-0.05, 0) is 59.3 Å². The molecule has 43 heavy (non-hydrogen) atoms. The Bertz CT molecular complexity index is 880. The summed E-state index contributed by atoms with van der Waals surface area (Å²) in [5.41, 5.74) is 9.69. The third-order valence-corrected chi connectivity index (χ3v) is 8.18. The zero-order valence-corrected chi connectivity index (χ0v) is 27.2. The minimum Gasteiger partial charge on any atom is -0.444 e. The minimum absolute atomic E-state index is 0.0255. The average Bonchev–Trinajstić information content (AvgIpc) is 2.90. The Morgan fingerprint density at radius 3 is 2.21 bits per heavy atom. The number of hydrogen-bond acceptors (Lipinski definition) is 11. The predicted octanol–water partition coefficient (Wildman–Crippen LogP) is 1.04. The highest BCUT2D eigenvalue weighted by atomic mass is 16.7. The highest BCUT2D eigenvalue weighted by Gasteiger charge is 2.50. The lowest BCUT2D eigenvalue weighted by Crippen LogP contribution is -2.64. The van der Waals surface area contributed by atoms with Crippen molar-refractivity contribution in [2.45, 2.75) is 166 Å². The molecule has 9 N–H and O–H groups in total. The van der Waals surface area contributed by atoms with Gasteiger partial charge in [0.05, 0.1) is 42.6 Å². The third kappa shape index (κ3) is 10.8. The van der Waals surface area contributed by atoms with Crippen LogP contribution in [0.4, 0.5) is 4.79 Å². The van der Waals surface area contributed by atoms with Crippen LogP contribution in [0.15, 0.2) is 0 Å². The van der Waals surface area contributed by atoms with E-state index in [2.05, 4.69) is 10.6 Å². The molecular weight excluding hydrogens is 560 g/mol. The van der Waals surface area contributed by atoms with Crippen LogP contribution in [0.2, 0.25) is 0 Å². The second-order valence-corrected chi connectivity index (χ2v) is 13.5. The van der Waals surface area contributed by atoms with E-state index >= 15 is 0 Å². The number of amides is 2. The Labute approximate surface area is 256 Å². The molecule has 1 aliphatic carbocycles. The van der Waals surface area contributed by atoms with Crippen molar-refractivity contribution in [1.82, 2.24) is 10.6 Å². The molecule has 0 radical (unpaired) electrons. The van der Waals surface area contributed by atoms with E-state index in [4.69, 9.17) is 30.4 Å². The van der Waals surface area contributed by atoms with E-state index < -0.39 is 72.1 Å². The van der Waals surface area contributed by atoms with E-state index in [1.165, 1.54) is 0 Å². The summed E-state index contributed by atoms with van der Waals surface area (Å²) in [5, 5.41) is 38.7. The number of nitrogens with one attached hydrogen (secondary N) is 2. The summed E-state index contributed by atoms with van der Waals surface area (Å²) in [4.78, 5) is 25.0. The lowest BCUT2D eigenvalue weighted by molar-refractivity contribution is -0.254. The van der Waals surface area contributed by atoms with E-state index in [0.717, 1.165) is 6.42 Å². The zero-order chi connectivity index (χ0) is 32.7. The van der Waals surface area contributed by atoms with Crippen LogP contribution in [-0.4, -0.2) is 106 Å². The molecule has 0 aromatic carbocycles. The first-order valence-corrected chi connectivity index (χ1v) is 15.8. The molecule has 252 valence electrons. The standard InChI is InChI=1S/C30H58N4O9/c1-9-21(34-27(37)30(39)13-18(14-30)33-28(38)43-29(6,7)8)23(35)17(5)40-22(10-2)24(36)25(16(3)4)42-26-20(32)12-11-19(15-31)41-26/h16-26,35-36,39H,9-15,31-32H2,1-8H3,(H,33,38)(H,34,37). The van der Waals surface area contributed by atoms with Crippen LogP contribution >= 0.6 is 0 Å². The molecule has 2 fully saturated rings. The van der Waals surface area contributed by atoms with Crippen molar-refractivity contribution in [3.8, 4) is 0 Å². The molecule has 1 aliphatic heterocycles. The molecule has 0 aromatic heterocycles. The number of nitrogens with two attached hydrogens (primary N) is 2. The van der Waals surface area contributed by atoms with Gasteiger partial charge in [-0.2, -0.15) is 0 Å². The highest BCUT2D eigenvalue weighted by molar-refractivity contribution is 5.87. The number of alkyl carbamates (subject to hydrolysis) is 1. The van der Waals surface area contributed by atoms with Gasteiger partial charge in [-0.3, -0.25) is 4.79 Å². The largest absolute Gasteiger partial charge is 0.444 e. The van der Waals surface area contributed by atoms with Crippen molar-refractivity contribution in [3.63, 3.8) is 0 Å². The van der Waals surface area contributed by atoms with Gasteiger partial charge < -0.3 is 56.4 Å². The molecule has 0 spiro atoms. The molecule has 13 heteroatoms. The topological polar surface area (TPSA) is 208 Å². The Morgan fingerprint density at radius 2 is 1.70 bits per heavy atom. The van der Waals surface area contributed by atoms with Crippen molar-refractivity contribution in [3.05, 3.63) is 0 Å². The number of ether oxygens (including phenoxy) is 4. The van der Waals surface area contributed by atoms with Gasteiger partial charge in [-0.15, -0.1) is 0 Å².